The summed E-state index contributed by atoms with van der Waals surface area (Å²) < 4.78 is 3.30. The van der Waals surface area contributed by atoms with Crippen LogP contribution in [0.15, 0.2) is 29.4 Å². The van der Waals surface area contributed by atoms with Gasteiger partial charge in [-0.1, -0.05) is 23.8 Å². The summed E-state index contributed by atoms with van der Waals surface area (Å²) >= 11 is 0. The third-order valence-electron chi connectivity index (χ3n) is 3.12. The van der Waals surface area contributed by atoms with Crippen molar-refractivity contribution >= 4 is 11.3 Å². The van der Waals surface area contributed by atoms with Crippen LogP contribution < -0.4 is 0 Å². The van der Waals surface area contributed by atoms with Crippen LogP contribution in [-0.2, 0) is 7.05 Å². The number of aromatic nitrogens is 4. The number of nitroso groups, excluding NO2 is 1. The third-order valence-corrected chi connectivity index (χ3v) is 3.12. The van der Waals surface area contributed by atoms with E-state index >= 15 is 0 Å². The van der Waals surface area contributed by atoms with E-state index in [2.05, 4.69) is 15.4 Å². The van der Waals surface area contributed by atoms with Gasteiger partial charge in [-0.05, 0) is 25.1 Å². The molecule has 3 rings (SSSR count). The minimum absolute atomic E-state index is 0.342. The highest BCUT2D eigenvalue weighted by Gasteiger charge is 2.19. The summed E-state index contributed by atoms with van der Waals surface area (Å²) in [6, 6.07) is 8.00. The van der Waals surface area contributed by atoms with Crippen molar-refractivity contribution in [2.45, 2.75) is 13.8 Å². The molecule has 0 bridgehead atoms. The Kier molecular flexibility index (Phi) is 2.45. The number of benzene rings is 1. The first kappa shape index (κ1) is 11.6. The topological polar surface area (TPSA) is 64.5 Å². The van der Waals surface area contributed by atoms with Gasteiger partial charge in [0.1, 0.15) is 0 Å². The van der Waals surface area contributed by atoms with Crippen LogP contribution in [0.2, 0.25) is 0 Å². The van der Waals surface area contributed by atoms with Crippen molar-refractivity contribution in [3.63, 3.8) is 0 Å². The summed E-state index contributed by atoms with van der Waals surface area (Å²) in [5, 5.41) is 11.8. The SMILES string of the molecule is Cc1cccc(-c2nn(C)c3c(N=O)c(C)nn23)c1. The van der Waals surface area contributed by atoms with Gasteiger partial charge in [0, 0.05) is 12.6 Å². The summed E-state index contributed by atoms with van der Waals surface area (Å²) in [5.74, 6) is 0.708. The Morgan fingerprint density at radius 3 is 2.68 bits per heavy atom. The van der Waals surface area contributed by atoms with E-state index < -0.39 is 0 Å². The largest absolute Gasteiger partial charge is 0.247 e. The number of rotatable bonds is 2. The summed E-state index contributed by atoms with van der Waals surface area (Å²) in [4.78, 5) is 10.9. The Labute approximate surface area is 109 Å². The zero-order chi connectivity index (χ0) is 13.6. The molecule has 0 spiro atoms. The zero-order valence-corrected chi connectivity index (χ0v) is 11.0. The highest BCUT2D eigenvalue weighted by atomic mass is 16.3. The molecule has 96 valence electrons. The fourth-order valence-corrected chi connectivity index (χ4v) is 2.25. The second-order valence-electron chi connectivity index (χ2n) is 4.58. The number of nitrogens with zero attached hydrogens (tertiary/aromatic N) is 5. The van der Waals surface area contributed by atoms with Crippen molar-refractivity contribution in [1.29, 1.82) is 0 Å². The minimum Gasteiger partial charge on any atom is -0.247 e. The van der Waals surface area contributed by atoms with E-state index in [1.165, 1.54) is 0 Å². The molecule has 6 nitrogen and oxygen atoms in total. The first-order valence-electron chi connectivity index (χ1n) is 5.94. The third kappa shape index (κ3) is 1.64. The Hall–Kier alpha value is -2.50. The van der Waals surface area contributed by atoms with E-state index in [0.717, 1.165) is 11.1 Å². The maximum Gasteiger partial charge on any atom is 0.184 e. The second-order valence-corrected chi connectivity index (χ2v) is 4.58. The molecule has 0 fully saturated rings. The fraction of sp³-hybridized carbons (Fsp3) is 0.231. The Morgan fingerprint density at radius 1 is 1.21 bits per heavy atom. The normalized spacial score (nSPS) is 11.1. The molecule has 0 radical (unpaired) electrons. The molecule has 0 aliphatic carbocycles. The Bertz CT molecular complexity index is 784. The molecule has 0 aliphatic heterocycles. The molecule has 0 N–H and O–H groups in total. The van der Waals surface area contributed by atoms with Crippen LogP contribution in [-0.4, -0.2) is 19.4 Å². The quantitative estimate of drug-likeness (QED) is 0.661. The number of aryl methyl sites for hydroxylation is 3. The molecular weight excluding hydrogens is 242 g/mol. The van der Waals surface area contributed by atoms with Crippen LogP contribution in [0.1, 0.15) is 11.3 Å². The van der Waals surface area contributed by atoms with E-state index in [1.54, 1.807) is 23.2 Å². The molecular formula is C13H13N5O. The highest BCUT2D eigenvalue weighted by molar-refractivity contribution is 5.71. The van der Waals surface area contributed by atoms with Crippen LogP contribution in [0.25, 0.3) is 17.0 Å². The van der Waals surface area contributed by atoms with E-state index in [9.17, 15) is 4.91 Å². The van der Waals surface area contributed by atoms with Gasteiger partial charge >= 0.3 is 0 Å². The molecule has 3 aromatic rings. The summed E-state index contributed by atoms with van der Waals surface area (Å²) in [6.07, 6.45) is 0. The Balaban J connectivity index is 2.34. The van der Waals surface area contributed by atoms with Crippen LogP contribution in [0.3, 0.4) is 0 Å². The molecule has 0 aliphatic rings. The standard InChI is InChI=1S/C13H13N5O/c1-8-5-4-6-10(7-8)12-15-17(3)13-11(16-19)9(2)14-18(12)13/h4-7H,1-3H3. The molecule has 0 amide bonds. The van der Waals surface area contributed by atoms with Crippen molar-refractivity contribution < 1.29 is 0 Å². The first-order chi connectivity index (χ1) is 9.11. The zero-order valence-electron chi connectivity index (χ0n) is 11.0. The van der Waals surface area contributed by atoms with Crippen molar-refractivity contribution in [2.75, 3.05) is 0 Å². The Morgan fingerprint density at radius 2 is 2.00 bits per heavy atom. The average Bonchev–Trinajstić information content (AvgIpc) is 2.86. The van der Waals surface area contributed by atoms with Crippen molar-refractivity contribution in [1.82, 2.24) is 19.4 Å². The van der Waals surface area contributed by atoms with Gasteiger partial charge in [0.05, 0.1) is 5.69 Å². The predicted molar refractivity (Wildman–Crippen MR) is 72.3 cm³/mol. The van der Waals surface area contributed by atoms with Gasteiger partial charge in [0.2, 0.25) is 0 Å². The molecule has 6 heteroatoms. The highest BCUT2D eigenvalue weighted by Crippen LogP contribution is 2.28. The average molecular weight is 255 g/mol. The molecule has 0 saturated heterocycles. The smallest absolute Gasteiger partial charge is 0.184 e. The molecule has 0 saturated carbocycles. The lowest BCUT2D eigenvalue weighted by molar-refractivity contribution is 0.800. The number of hydrogen-bond acceptors (Lipinski definition) is 4. The van der Waals surface area contributed by atoms with Crippen molar-refractivity contribution in [3.05, 3.63) is 40.4 Å². The molecule has 0 atom stereocenters. The minimum atomic E-state index is 0.342. The summed E-state index contributed by atoms with van der Waals surface area (Å²) in [5.41, 5.74) is 3.68. The van der Waals surface area contributed by atoms with E-state index in [-0.39, 0.29) is 0 Å². The summed E-state index contributed by atoms with van der Waals surface area (Å²) in [6.45, 7) is 3.79. The van der Waals surface area contributed by atoms with E-state index in [4.69, 9.17) is 0 Å². The van der Waals surface area contributed by atoms with Gasteiger partial charge in [-0.15, -0.1) is 4.91 Å². The molecule has 1 aromatic carbocycles. The van der Waals surface area contributed by atoms with Crippen LogP contribution in [0, 0.1) is 18.8 Å². The fourth-order valence-electron chi connectivity index (χ4n) is 2.25. The van der Waals surface area contributed by atoms with Gasteiger partial charge < -0.3 is 0 Å². The van der Waals surface area contributed by atoms with Crippen molar-refractivity contribution in [3.8, 4) is 11.4 Å². The van der Waals surface area contributed by atoms with Gasteiger partial charge in [-0.3, -0.25) is 0 Å². The van der Waals surface area contributed by atoms with Gasteiger partial charge in [-0.25, -0.2) is 4.68 Å². The lowest BCUT2D eigenvalue weighted by atomic mass is 10.1. The molecule has 2 heterocycles. The second kappa shape index (κ2) is 4.01. The number of hydrogen-bond donors (Lipinski definition) is 0. The first-order valence-corrected chi connectivity index (χ1v) is 5.94. The summed E-state index contributed by atoms with van der Waals surface area (Å²) in [7, 11) is 1.78. The monoisotopic (exact) mass is 255 g/mol. The van der Waals surface area contributed by atoms with E-state index in [1.807, 2.05) is 31.2 Å². The van der Waals surface area contributed by atoms with Crippen molar-refractivity contribution in [2.24, 2.45) is 12.2 Å². The molecule has 0 unspecified atom stereocenters. The van der Waals surface area contributed by atoms with E-state index in [0.29, 0.717) is 22.9 Å². The van der Waals surface area contributed by atoms with Crippen LogP contribution >= 0.6 is 0 Å². The van der Waals surface area contributed by atoms with Gasteiger partial charge in [0.15, 0.2) is 17.2 Å². The van der Waals surface area contributed by atoms with Gasteiger partial charge in [0.25, 0.3) is 0 Å². The lowest BCUT2D eigenvalue weighted by Crippen LogP contribution is -1.92. The lowest BCUT2D eigenvalue weighted by Gasteiger charge is -1.98. The number of fused-ring (bicyclic) bond motifs is 1. The van der Waals surface area contributed by atoms with Crippen LogP contribution in [0.5, 0.6) is 0 Å². The molecule has 19 heavy (non-hydrogen) atoms. The van der Waals surface area contributed by atoms with Gasteiger partial charge in [-0.2, -0.15) is 14.7 Å². The predicted octanol–water partition coefficient (Wildman–Crippen LogP) is 2.75. The maximum absolute atomic E-state index is 10.9. The van der Waals surface area contributed by atoms with Crippen LogP contribution in [0.4, 0.5) is 5.69 Å². The maximum atomic E-state index is 10.9. The molecule has 2 aromatic heterocycles.